The van der Waals surface area contributed by atoms with Gasteiger partial charge in [0, 0.05) is 23.8 Å². The summed E-state index contributed by atoms with van der Waals surface area (Å²) in [6.45, 7) is 4.69. The summed E-state index contributed by atoms with van der Waals surface area (Å²) in [5.74, 6) is 2.20. The Labute approximate surface area is 193 Å². The van der Waals surface area contributed by atoms with E-state index in [1.54, 1.807) is 19.2 Å². The van der Waals surface area contributed by atoms with E-state index >= 15 is 0 Å². The van der Waals surface area contributed by atoms with Crippen LogP contribution in [-0.4, -0.2) is 32.9 Å². The number of nitrogens with zero attached hydrogens (tertiary/aromatic N) is 1. The minimum Gasteiger partial charge on any atom is -0.495 e. The number of aliphatic imine (C=N–C) groups is 1. The van der Waals surface area contributed by atoms with E-state index in [1.165, 1.54) is 0 Å². The molecule has 1 saturated heterocycles. The van der Waals surface area contributed by atoms with Crippen molar-refractivity contribution in [3.63, 3.8) is 0 Å². The van der Waals surface area contributed by atoms with Crippen LogP contribution in [0.1, 0.15) is 17.5 Å². The van der Waals surface area contributed by atoms with Crippen LogP contribution in [0.15, 0.2) is 41.4 Å². The van der Waals surface area contributed by atoms with Gasteiger partial charge in [0.2, 0.25) is 0 Å². The Morgan fingerprint density at radius 1 is 1.28 bits per heavy atom. The molecule has 8 heteroatoms. The van der Waals surface area contributed by atoms with Gasteiger partial charge in [0.15, 0.2) is 5.96 Å². The molecule has 0 spiro atoms. The lowest BCUT2D eigenvalue weighted by Crippen LogP contribution is -2.22. The Hall–Kier alpha value is -1.71. The maximum absolute atomic E-state index is 6.14. The predicted octanol–water partition coefficient (Wildman–Crippen LogP) is 4.62. The Balaban J connectivity index is 0.00000300. The van der Waals surface area contributed by atoms with Crippen molar-refractivity contribution < 1.29 is 14.2 Å². The van der Waals surface area contributed by atoms with Gasteiger partial charge in [0.25, 0.3) is 0 Å². The van der Waals surface area contributed by atoms with Crippen LogP contribution in [0.3, 0.4) is 0 Å². The summed E-state index contributed by atoms with van der Waals surface area (Å²) in [6.07, 6.45) is 1.04. The number of anilines is 1. The third kappa shape index (κ3) is 6.94. The number of benzene rings is 2. The first-order valence-corrected chi connectivity index (χ1v) is 9.63. The maximum Gasteiger partial charge on any atom is 0.193 e. The Morgan fingerprint density at radius 2 is 2.10 bits per heavy atom. The molecule has 1 heterocycles. The van der Waals surface area contributed by atoms with Crippen LogP contribution in [0.25, 0.3) is 0 Å². The zero-order valence-corrected chi connectivity index (χ0v) is 19.7. The highest BCUT2D eigenvalue weighted by Crippen LogP contribution is 2.27. The third-order valence-corrected chi connectivity index (χ3v) is 4.86. The number of rotatable bonds is 7. The smallest absolute Gasteiger partial charge is 0.193 e. The fraction of sp³-hybridized carbons (Fsp3) is 0.381. The first-order chi connectivity index (χ1) is 13.5. The molecule has 0 bridgehead atoms. The monoisotopic (exact) mass is 531 g/mol. The SMILES string of the molecule is COc1ccc(NC(N)=NCc2ccc(C)cc2OCC2CCOC2)cc1Cl.I. The lowest BCUT2D eigenvalue weighted by Gasteiger charge is -2.14. The van der Waals surface area contributed by atoms with Crippen molar-refractivity contribution in [3.8, 4) is 11.5 Å². The molecule has 0 saturated carbocycles. The summed E-state index contributed by atoms with van der Waals surface area (Å²) < 4.78 is 16.6. The molecule has 3 N–H and O–H groups in total. The molecule has 1 aliphatic heterocycles. The number of methoxy groups -OCH3 is 1. The van der Waals surface area contributed by atoms with Gasteiger partial charge in [0.1, 0.15) is 11.5 Å². The third-order valence-electron chi connectivity index (χ3n) is 4.57. The van der Waals surface area contributed by atoms with Crippen LogP contribution in [0.4, 0.5) is 5.69 Å². The van der Waals surface area contributed by atoms with Gasteiger partial charge in [-0.15, -0.1) is 24.0 Å². The molecule has 1 aliphatic rings. The molecule has 3 rings (SSSR count). The van der Waals surface area contributed by atoms with Crippen molar-refractivity contribution in [3.05, 3.63) is 52.5 Å². The molecule has 0 amide bonds. The lowest BCUT2D eigenvalue weighted by molar-refractivity contribution is 0.166. The highest BCUT2D eigenvalue weighted by Gasteiger charge is 2.17. The average molecular weight is 532 g/mol. The zero-order chi connectivity index (χ0) is 19.9. The molecule has 0 aromatic heterocycles. The number of aryl methyl sites for hydroxylation is 1. The van der Waals surface area contributed by atoms with Gasteiger partial charge >= 0.3 is 0 Å². The summed E-state index contributed by atoms with van der Waals surface area (Å²) in [4.78, 5) is 4.44. The first-order valence-electron chi connectivity index (χ1n) is 9.25. The molecule has 158 valence electrons. The summed E-state index contributed by atoms with van der Waals surface area (Å²) in [6, 6.07) is 11.5. The van der Waals surface area contributed by atoms with E-state index in [9.17, 15) is 0 Å². The zero-order valence-electron chi connectivity index (χ0n) is 16.6. The molecule has 29 heavy (non-hydrogen) atoms. The minimum atomic E-state index is 0. The molecule has 0 aliphatic carbocycles. The highest BCUT2D eigenvalue weighted by atomic mass is 127. The van der Waals surface area contributed by atoms with Gasteiger partial charge in [-0.3, -0.25) is 0 Å². The van der Waals surface area contributed by atoms with Gasteiger partial charge in [0.05, 0.1) is 31.9 Å². The second kappa shape index (κ2) is 11.5. The molecule has 0 radical (unpaired) electrons. The Morgan fingerprint density at radius 3 is 2.79 bits per heavy atom. The van der Waals surface area contributed by atoms with E-state index in [0.717, 1.165) is 42.2 Å². The molecule has 2 aromatic carbocycles. The minimum absolute atomic E-state index is 0. The van der Waals surface area contributed by atoms with Gasteiger partial charge in [-0.25, -0.2) is 4.99 Å². The Bertz CT molecular complexity index is 842. The number of halogens is 2. The van der Waals surface area contributed by atoms with Crippen LogP contribution in [0, 0.1) is 12.8 Å². The standard InChI is InChI=1S/C21H26ClN3O3.HI/c1-14-3-4-16(20(9-14)28-13-15-7-8-27-12-15)11-24-21(23)25-17-5-6-19(26-2)18(22)10-17;/h3-6,9-10,15H,7-8,11-13H2,1-2H3,(H3,23,24,25);1H. The topological polar surface area (TPSA) is 78.1 Å². The van der Waals surface area contributed by atoms with Crippen molar-refractivity contribution in [2.24, 2.45) is 16.6 Å². The van der Waals surface area contributed by atoms with Crippen molar-refractivity contribution in [1.82, 2.24) is 0 Å². The molecule has 1 unspecified atom stereocenters. The first kappa shape index (κ1) is 23.6. The molecule has 2 aromatic rings. The number of hydrogen-bond acceptors (Lipinski definition) is 4. The van der Waals surface area contributed by atoms with Crippen molar-refractivity contribution >= 4 is 47.2 Å². The molecule has 6 nitrogen and oxygen atoms in total. The molecule has 1 fully saturated rings. The Kier molecular flexibility index (Phi) is 9.32. The average Bonchev–Trinajstić information content (AvgIpc) is 3.19. The fourth-order valence-corrected chi connectivity index (χ4v) is 3.21. The molecule has 1 atom stereocenters. The van der Waals surface area contributed by atoms with E-state index in [0.29, 0.717) is 35.8 Å². The lowest BCUT2D eigenvalue weighted by atomic mass is 10.1. The summed E-state index contributed by atoms with van der Waals surface area (Å²) in [7, 11) is 1.57. The van der Waals surface area contributed by atoms with Crippen LogP contribution in [0.2, 0.25) is 5.02 Å². The predicted molar refractivity (Wildman–Crippen MR) is 128 cm³/mol. The number of ether oxygens (including phenoxy) is 3. The summed E-state index contributed by atoms with van der Waals surface area (Å²) >= 11 is 6.14. The number of nitrogens with two attached hydrogens (primary N) is 1. The van der Waals surface area contributed by atoms with E-state index in [1.807, 2.05) is 31.2 Å². The molecular formula is C21H27ClIN3O3. The number of guanidine groups is 1. The quantitative estimate of drug-likeness (QED) is 0.310. The van der Waals surface area contributed by atoms with Crippen molar-refractivity contribution in [2.45, 2.75) is 19.9 Å². The van der Waals surface area contributed by atoms with E-state index in [-0.39, 0.29) is 24.0 Å². The highest BCUT2D eigenvalue weighted by molar-refractivity contribution is 14.0. The number of hydrogen-bond donors (Lipinski definition) is 2. The van der Waals surface area contributed by atoms with Gasteiger partial charge in [-0.05, 0) is 43.2 Å². The number of nitrogens with one attached hydrogen (secondary N) is 1. The van der Waals surface area contributed by atoms with Gasteiger partial charge < -0.3 is 25.3 Å². The second-order valence-corrected chi connectivity index (χ2v) is 7.23. The van der Waals surface area contributed by atoms with Gasteiger partial charge in [-0.1, -0.05) is 23.7 Å². The van der Waals surface area contributed by atoms with Crippen LogP contribution in [-0.2, 0) is 11.3 Å². The van der Waals surface area contributed by atoms with Crippen LogP contribution in [0.5, 0.6) is 11.5 Å². The van der Waals surface area contributed by atoms with E-state index in [2.05, 4.69) is 10.3 Å². The van der Waals surface area contributed by atoms with E-state index in [4.69, 9.17) is 31.5 Å². The largest absolute Gasteiger partial charge is 0.495 e. The van der Waals surface area contributed by atoms with Crippen molar-refractivity contribution in [1.29, 1.82) is 0 Å². The van der Waals surface area contributed by atoms with Crippen molar-refractivity contribution in [2.75, 3.05) is 32.2 Å². The van der Waals surface area contributed by atoms with Crippen LogP contribution < -0.4 is 20.5 Å². The van der Waals surface area contributed by atoms with E-state index < -0.39 is 0 Å². The van der Waals surface area contributed by atoms with Crippen LogP contribution >= 0.6 is 35.6 Å². The summed E-state index contributed by atoms with van der Waals surface area (Å²) in [5.41, 5.74) is 8.91. The molecular weight excluding hydrogens is 505 g/mol. The maximum atomic E-state index is 6.14. The second-order valence-electron chi connectivity index (χ2n) is 6.83. The normalized spacial score (nSPS) is 16.2. The van der Waals surface area contributed by atoms with Gasteiger partial charge in [-0.2, -0.15) is 0 Å². The summed E-state index contributed by atoms with van der Waals surface area (Å²) in [5, 5.41) is 3.55. The fourth-order valence-electron chi connectivity index (χ4n) is 2.95.